The Hall–Kier alpha value is -3.07. The lowest BCUT2D eigenvalue weighted by Crippen LogP contribution is -2.29. The maximum atomic E-state index is 12.7. The van der Waals surface area contributed by atoms with Crippen LogP contribution in [0, 0.1) is 0 Å². The molecule has 0 fully saturated rings. The minimum absolute atomic E-state index is 0.0481. The summed E-state index contributed by atoms with van der Waals surface area (Å²) in [6.45, 7) is 3.50. The van der Waals surface area contributed by atoms with Crippen LogP contribution in [-0.4, -0.2) is 49.3 Å². The summed E-state index contributed by atoms with van der Waals surface area (Å²) in [4.78, 5) is 35.1. The molecule has 0 saturated carbocycles. The number of phosphoric ester groups is 1. The molecule has 0 amide bonds. The molecule has 9 nitrogen and oxygen atoms in total. The predicted molar refractivity (Wildman–Crippen MR) is 302 cm³/mol. The lowest BCUT2D eigenvalue weighted by molar-refractivity contribution is -0.161. The van der Waals surface area contributed by atoms with Gasteiger partial charge in [-0.3, -0.25) is 18.6 Å². The molecule has 0 bridgehead atoms. The summed E-state index contributed by atoms with van der Waals surface area (Å²) in [5.74, 6) is -0.846. The third-order valence-corrected chi connectivity index (χ3v) is 12.9. The Kier molecular flexibility index (Phi) is 53.8. The number of rotatable bonds is 53. The zero-order chi connectivity index (χ0) is 51.7. The van der Waals surface area contributed by atoms with Crippen molar-refractivity contribution in [2.24, 2.45) is 5.73 Å². The SMILES string of the molecule is CC/C=C\C/C=C\C/C=C\C/C=C\C/C=C\CCCCCCCCCCCCCCCCCCCCCC(=O)OC(COC(=O)CCCCCCC/C=C\C/C=C\C/C=C\CC)COP(=O)(O)OCCN. The third kappa shape index (κ3) is 56.1. The molecule has 408 valence electrons. The normalized spacial score (nSPS) is 13.8. The monoisotopic (exact) mass is 1010 g/mol. The van der Waals surface area contributed by atoms with E-state index < -0.39 is 32.5 Å². The van der Waals surface area contributed by atoms with Crippen LogP contribution in [0.2, 0.25) is 0 Å². The van der Waals surface area contributed by atoms with Gasteiger partial charge in [-0.2, -0.15) is 0 Å². The summed E-state index contributed by atoms with van der Waals surface area (Å²) in [6.07, 6.45) is 74.8. The molecule has 2 unspecified atom stereocenters. The molecule has 0 aliphatic carbocycles. The number of hydrogen-bond acceptors (Lipinski definition) is 8. The van der Waals surface area contributed by atoms with Gasteiger partial charge in [-0.25, -0.2) is 4.57 Å². The Labute approximate surface area is 436 Å². The van der Waals surface area contributed by atoms with Crippen LogP contribution < -0.4 is 5.73 Å². The molecular formula is C61H106NO8P. The number of allylic oxidation sites excluding steroid dienone is 16. The largest absolute Gasteiger partial charge is 0.472 e. The maximum absolute atomic E-state index is 12.7. The van der Waals surface area contributed by atoms with E-state index in [9.17, 15) is 19.0 Å². The van der Waals surface area contributed by atoms with Crippen LogP contribution in [0.15, 0.2) is 97.2 Å². The summed E-state index contributed by atoms with van der Waals surface area (Å²) in [7, 11) is -4.39. The fourth-order valence-corrected chi connectivity index (χ4v) is 8.56. The standard InChI is InChI=1S/C61H106NO8P/c1-3-5-7-9-11-13-15-17-19-20-21-22-23-24-25-26-27-28-29-30-31-32-33-34-35-36-37-38-40-42-44-46-48-50-52-54-61(64)70-59(58-69-71(65,66)68-56-55-62)57-67-60(63)53-51-49-47-45-43-41-39-18-16-14-12-10-8-6-4-2/h5-8,11-14,17-19,21-22,24-25,39,59H,3-4,9-10,15-16,20,23,26-38,40-58,62H2,1-2H3,(H,65,66)/b7-5-,8-6-,13-11-,14-12-,19-17-,22-21-,25-24-,39-18-. The molecule has 0 aromatic rings. The fraction of sp³-hybridized carbons (Fsp3) is 0.705. The van der Waals surface area contributed by atoms with Crippen LogP contribution in [-0.2, 0) is 32.7 Å². The first-order valence-corrected chi connectivity index (χ1v) is 30.2. The van der Waals surface area contributed by atoms with Crippen LogP contribution in [0.3, 0.4) is 0 Å². The molecule has 10 heteroatoms. The molecule has 0 heterocycles. The quantitative estimate of drug-likeness (QED) is 0.0264. The van der Waals surface area contributed by atoms with Crippen LogP contribution in [0.4, 0.5) is 0 Å². The first-order valence-electron chi connectivity index (χ1n) is 28.7. The third-order valence-electron chi connectivity index (χ3n) is 12.0. The highest BCUT2D eigenvalue weighted by atomic mass is 31.2. The minimum atomic E-state index is -4.39. The zero-order valence-electron chi connectivity index (χ0n) is 45.4. The van der Waals surface area contributed by atoms with Crippen LogP contribution in [0.5, 0.6) is 0 Å². The van der Waals surface area contributed by atoms with Crippen molar-refractivity contribution >= 4 is 19.8 Å². The van der Waals surface area contributed by atoms with E-state index in [0.717, 1.165) is 103 Å². The zero-order valence-corrected chi connectivity index (χ0v) is 46.3. The number of ether oxygens (including phenoxy) is 2. The maximum Gasteiger partial charge on any atom is 0.472 e. The molecule has 0 saturated heterocycles. The van der Waals surface area contributed by atoms with Gasteiger partial charge in [0.05, 0.1) is 13.2 Å². The van der Waals surface area contributed by atoms with Crippen molar-refractivity contribution in [3.63, 3.8) is 0 Å². The van der Waals surface area contributed by atoms with Gasteiger partial charge in [0, 0.05) is 19.4 Å². The van der Waals surface area contributed by atoms with E-state index in [0.29, 0.717) is 12.8 Å². The number of carbonyl (C=O) groups excluding carboxylic acids is 2. The Bertz CT molecular complexity index is 1480. The fourth-order valence-electron chi connectivity index (χ4n) is 7.80. The molecule has 3 N–H and O–H groups in total. The minimum Gasteiger partial charge on any atom is -0.462 e. The average molecular weight is 1010 g/mol. The lowest BCUT2D eigenvalue weighted by atomic mass is 10.0. The molecule has 71 heavy (non-hydrogen) atoms. The van der Waals surface area contributed by atoms with Gasteiger partial charge < -0.3 is 20.1 Å². The Morgan fingerprint density at radius 3 is 1.08 bits per heavy atom. The molecule has 0 aliphatic heterocycles. The molecule has 0 spiro atoms. The number of nitrogens with two attached hydrogens (primary N) is 1. The van der Waals surface area contributed by atoms with Crippen molar-refractivity contribution in [3.8, 4) is 0 Å². The molecule has 2 atom stereocenters. The van der Waals surface area contributed by atoms with Gasteiger partial charge in [0.2, 0.25) is 0 Å². The van der Waals surface area contributed by atoms with Gasteiger partial charge >= 0.3 is 19.8 Å². The van der Waals surface area contributed by atoms with Crippen molar-refractivity contribution in [1.82, 2.24) is 0 Å². The highest BCUT2D eigenvalue weighted by Crippen LogP contribution is 2.43. The summed E-state index contributed by atoms with van der Waals surface area (Å²) >= 11 is 0. The van der Waals surface area contributed by atoms with Crippen molar-refractivity contribution in [2.75, 3.05) is 26.4 Å². The predicted octanol–water partition coefficient (Wildman–Crippen LogP) is 18.1. The molecule has 0 radical (unpaired) electrons. The second-order valence-electron chi connectivity index (χ2n) is 18.7. The molecule has 0 aromatic heterocycles. The van der Waals surface area contributed by atoms with Gasteiger partial charge in [-0.15, -0.1) is 0 Å². The van der Waals surface area contributed by atoms with Crippen molar-refractivity contribution in [1.29, 1.82) is 0 Å². The number of hydrogen-bond donors (Lipinski definition) is 2. The average Bonchev–Trinajstić information content (AvgIpc) is 3.36. The second-order valence-corrected chi connectivity index (χ2v) is 20.2. The number of phosphoric acid groups is 1. The number of carbonyl (C=O) groups is 2. The van der Waals surface area contributed by atoms with E-state index in [2.05, 4.69) is 111 Å². The number of unbranched alkanes of at least 4 members (excludes halogenated alkanes) is 24. The summed E-state index contributed by atoms with van der Waals surface area (Å²) < 4.78 is 33.0. The van der Waals surface area contributed by atoms with E-state index in [1.807, 2.05) is 0 Å². The molecule has 0 rings (SSSR count). The first-order chi connectivity index (χ1) is 34.8. The van der Waals surface area contributed by atoms with Crippen molar-refractivity contribution in [2.45, 2.75) is 251 Å². The topological polar surface area (TPSA) is 134 Å². The Balaban J connectivity index is 3.88. The van der Waals surface area contributed by atoms with Gasteiger partial charge in [-0.05, 0) is 89.9 Å². The highest BCUT2D eigenvalue weighted by Gasteiger charge is 2.26. The van der Waals surface area contributed by atoms with Gasteiger partial charge in [0.1, 0.15) is 6.61 Å². The first kappa shape index (κ1) is 67.9. The molecule has 0 aromatic carbocycles. The van der Waals surface area contributed by atoms with Gasteiger partial charge in [0.25, 0.3) is 0 Å². The highest BCUT2D eigenvalue weighted by molar-refractivity contribution is 7.47. The van der Waals surface area contributed by atoms with E-state index in [1.165, 1.54) is 103 Å². The van der Waals surface area contributed by atoms with E-state index in [4.69, 9.17) is 24.3 Å². The Morgan fingerprint density at radius 1 is 0.423 bits per heavy atom. The van der Waals surface area contributed by atoms with E-state index in [1.54, 1.807) is 0 Å². The molecule has 0 aliphatic rings. The van der Waals surface area contributed by atoms with Gasteiger partial charge in [-0.1, -0.05) is 239 Å². The van der Waals surface area contributed by atoms with Crippen LogP contribution in [0.1, 0.15) is 245 Å². The Morgan fingerprint density at radius 2 is 0.732 bits per heavy atom. The lowest BCUT2D eigenvalue weighted by Gasteiger charge is -2.19. The summed E-state index contributed by atoms with van der Waals surface area (Å²) in [5.41, 5.74) is 5.37. The smallest absolute Gasteiger partial charge is 0.462 e. The van der Waals surface area contributed by atoms with Crippen LogP contribution >= 0.6 is 7.82 Å². The summed E-state index contributed by atoms with van der Waals surface area (Å²) in [6, 6.07) is 0. The van der Waals surface area contributed by atoms with E-state index in [-0.39, 0.29) is 32.6 Å². The molecular weight excluding hydrogens is 906 g/mol. The van der Waals surface area contributed by atoms with E-state index >= 15 is 0 Å². The number of esters is 2. The van der Waals surface area contributed by atoms with Crippen LogP contribution in [0.25, 0.3) is 0 Å². The van der Waals surface area contributed by atoms with Crippen molar-refractivity contribution < 1.29 is 37.6 Å². The van der Waals surface area contributed by atoms with Crippen molar-refractivity contribution in [3.05, 3.63) is 97.2 Å². The second kappa shape index (κ2) is 56.2. The van der Waals surface area contributed by atoms with Gasteiger partial charge in [0.15, 0.2) is 6.10 Å². The summed E-state index contributed by atoms with van der Waals surface area (Å²) in [5, 5.41) is 0.